The predicted molar refractivity (Wildman–Crippen MR) is 150 cm³/mol. The number of carbonyl (C=O) groups is 1. The lowest BCUT2D eigenvalue weighted by Crippen LogP contribution is -2.48. The van der Waals surface area contributed by atoms with Crippen LogP contribution in [0.1, 0.15) is 74.6 Å². The van der Waals surface area contributed by atoms with E-state index in [1.807, 2.05) is 48.5 Å². The van der Waals surface area contributed by atoms with Crippen LogP contribution >= 0.6 is 12.2 Å². The van der Waals surface area contributed by atoms with Crippen LogP contribution in [0.4, 0.5) is 11.4 Å². The third kappa shape index (κ3) is 5.67. The van der Waals surface area contributed by atoms with Crippen molar-refractivity contribution in [3.8, 4) is 0 Å². The summed E-state index contributed by atoms with van der Waals surface area (Å²) in [6.07, 6.45) is 12.2. The molecule has 2 aliphatic rings. The van der Waals surface area contributed by atoms with Crippen molar-refractivity contribution < 1.29 is 4.79 Å². The van der Waals surface area contributed by atoms with E-state index in [0.29, 0.717) is 17.2 Å². The van der Waals surface area contributed by atoms with E-state index in [1.165, 1.54) is 43.9 Å². The summed E-state index contributed by atoms with van der Waals surface area (Å²) in [7, 11) is 0. The number of carbonyl (C=O) groups excluding carboxylic acids is 1. The number of hydrogen-bond acceptors (Lipinski definition) is 2. The third-order valence-electron chi connectivity index (χ3n) is 7.60. The van der Waals surface area contributed by atoms with Crippen LogP contribution in [0.3, 0.4) is 0 Å². The molecule has 0 aliphatic heterocycles. The minimum atomic E-state index is 0.201. The van der Waals surface area contributed by atoms with Gasteiger partial charge in [-0.15, -0.1) is 0 Å². The summed E-state index contributed by atoms with van der Waals surface area (Å²) in [6, 6.07) is 23.0. The second-order valence-electron chi connectivity index (χ2n) is 9.98. The Hall–Kier alpha value is -2.92. The van der Waals surface area contributed by atoms with Crippen LogP contribution in [0, 0.1) is 0 Å². The molecule has 0 spiro atoms. The van der Waals surface area contributed by atoms with Crippen molar-refractivity contribution >= 4 is 45.4 Å². The number of rotatable bonds is 5. The Morgan fingerprint density at radius 2 is 1.31 bits per heavy atom. The van der Waals surface area contributed by atoms with Crippen molar-refractivity contribution in [3.05, 3.63) is 72.3 Å². The molecule has 2 N–H and O–H groups in total. The lowest BCUT2D eigenvalue weighted by atomic mass is 9.88. The van der Waals surface area contributed by atoms with Crippen LogP contribution in [-0.4, -0.2) is 28.0 Å². The molecule has 1 amide bonds. The van der Waals surface area contributed by atoms with Crippen LogP contribution in [0.5, 0.6) is 0 Å². The highest BCUT2D eigenvalue weighted by Crippen LogP contribution is 2.32. The van der Waals surface area contributed by atoms with E-state index in [9.17, 15) is 4.79 Å². The molecule has 5 heteroatoms. The standard InChI is InChI=1S/C30H35N3OS/c34-29(33(25-12-3-1-4-13-25)26-14-5-2-6-15-26)23-18-20-24(21-19-23)31-30(35)32-28-17-9-11-22-10-7-8-16-27(22)28/h7-11,16-21,25-26H,1-6,12-15H2,(H2,31,32,35). The average molecular weight is 486 g/mol. The third-order valence-corrected chi connectivity index (χ3v) is 7.80. The lowest BCUT2D eigenvalue weighted by Gasteiger charge is -2.42. The molecular formula is C30H35N3OS. The molecule has 5 rings (SSSR count). The first-order valence-corrected chi connectivity index (χ1v) is 13.6. The number of benzene rings is 3. The number of nitrogens with zero attached hydrogens (tertiary/aromatic N) is 1. The Labute approximate surface area is 214 Å². The first kappa shape index (κ1) is 23.8. The highest BCUT2D eigenvalue weighted by atomic mass is 32.1. The predicted octanol–water partition coefficient (Wildman–Crippen LogP) is 7.76. The molecule has 0 aromatic heterocycles. The van der Waals surface area contributed by atoms with E-state index in [0.717, 1.165) is 48.0 Å². The van der Waals surface area contributed by atoms with E-state index in [-0.39, 0.29) is 5.91 Å². The molecule has 0 saturated heterocycles. The molecule has 2 fully saturated rings. The summed E-state index contributed by atoms with van der Waals surface area (Å²) < 4.78 is 0. The fraction of sp³-hybridized carbons (Fsp3) is 0.400. The highest BCUT2D eigenvalue weighted by molar-refractivity contribution is 7.80. The molecule has 35 heavy (non-hydrogen) atoms. The molecule has 2 saturated carbocycles. The van der Waals surface area contributed by atoms with Crippen LogP contribution in [0.15, 0.2) is 66.7 Å². The fourth-order valence-corrected chi connectivity index (χ4v) is 6.04. The molecule has 0 heterocycles. The van der Waals surface area contributed by atoms with Gasteiger partial charge >= 0.3 is 0 Å². The summed E-state index contributed by atoms with van der Waals surface area (Å²) in [6.45, 7) is 0. The van der Waals surface area contributed by atoms with E-state index >= 15 is 0 Å². The summed E-state index contributed by atoms with van der Waals surface area (Å²) in [5, 5.41) is 9.43. The quantitative estimate of drug-likeness (QED) is 0.363. The van der Waals surface area contributed by atoms with Crippen molar-refractivity contribution in [1.82, 2.24) is 4.90 Å². The van der Waals surface area contributed by atoms with Gasteiger partial charge in [-0.2, -0.15) is 0 Å². The molecule has 3 aromatic carbocycles. The smallest absolute Gasteiger partial charge is 0.254 e. The Morgan fingerprint density at radius 3 is 1.97 bits per heavy atom. The zero-order valence-electron chi connectivity index (χ0n) is 20.3. The molecule has 4 nitrogen and oxygen atoms in total. The van der Waals surface area contributed by atoms with E-state index in [2.05, 4.69) is 33.7 Å². The normalized spacial score (nSPS) is 17.1. The van der Waals surface area contributed by atoms with Crippen LogP contribution in [-0.2, 0) is 0 Å². The topological polar surface area (TPSA) is 44.4 Å². The first-order valence-electron chi connectivity index (χ1n) is 13.2. The Morgan fingerprint density at radius 1 is 0.714 bits per heavy atom. The van der Waals surface area contributed by atoms with Gasteiger partial charge in [-0.25, -0.2) is 0 Å². The van der Waals surface area contributed by atoms with Gasteiger partial charge < -0.3 is 15.5 Å². The maximum atomic E-state index is 13.7. The summed E-state index contributed by atoms with van der Waals surface area (Å²) in [5.74, 6) is 0.201. The fourth-order valence-electron chi connectivity index (χ4n) is 5.81. The first-order chi connectivity index (χ1) is 17.2. The van der Waals surface area contributed by atoms with E-state index in [4.69, 9.17) is 12.2 Å². The van der Waals surface area contributed by atoms with Crippen molar-refractivity contribution in [1.29, 1.82) is 0 Å². The van der Waals surface area contributed by atoms with E-state index < -0.39 is 0 Å². The van der Waals surface area contributed by atoms with Gasteiger partial charge in [-0.05, 0) is 73.6 Å². The van der Waals surface area contributed by atoms with Crippen molar-refractivity contribution in [3.63, 3.8) is 0 Å². The van der Waals surface area contributed by atoms with Gasteiger partial charge in [0.1, 0.15) is 0 Å². The maximum Gasteiger partial charge on any atom is 0.254 e. The van der Waals surface area contributed by atoms with Gasteiger partial charge in [-0.1, -0.05) is 74.9 Å². The van der Waals surface area contributed by atoms with Gasteiger partial charge in [0.15, 0.2) is 5.11 Å². The van der Waals surface area contributed by atoms with Gasteiger partial charge in [-0.3, -0.25) is 4.79 Å². The molecule has 3 aromatic rings. The minimum Gasteiger partial charge on any atom is -0.333 e. The van der Waals surface area contributed by atoms with Crippen LogP contribution in [0.2, 0.25) is 0 Å². The SMILES string of the molecule is O=C(c1ccc(NC(=S)Nc2cccc3ccccc23)cc1)N(C1CCCCC1)C1CCCCC1. The molecule has 0 atom stereocenters. The summed E-state index contributed by atoms with van der Waals surface area (Å²) in [4.78, 5) is 16.0. The number of thiocarbonyl (C=S) groups is 1. The number of nitrogens with one attached hydrogen (secondary N) is 2. The number of hydrogen-bond donors (Lipinski definition) is 2. The van der Waals surface area contributed by atoms with Gasteiger partial charge in [0, 0.05) is 34.4 Å². The minimum absolute atomic E-state index is 0.201. The zero-order valence-corrected chi connectivity index (χ0v) is 21.2. The van der Waals surface area contributed by atoms with E-state index in [1.54, 1.807) is 0 Å². The molecule has 182 valence electrons. The summed E-state index contributed by atoms with van der Waals surface area (Å²) >= 11 is 5.58. The van der Waals surface area contributed by atoms with Crippen molar-refractivity contribution in [2.45, 2.75) is 76.3 Å². The molecule has 2 aliphatic carbocycles. The van der Waals surface area contributed by atoms with Gasteiger partial charge in [0.2, 0.25) is 0 Å². The number of fused-ring (bicyclic) bond motifs is 1. The second kappa shape index (κ2) is 11.2. The molecule has 0 unspecified atom stereocenters. The zero-order chi connectivity index (χ0) is 24.0. The van der Waals surface area contributed by atoms with Crippen molar-refractivity contribution in [2.75, 3.05) is 10.6 Å². The lowest BCUT2D eigenvalue weighted by molar-refractivity contribution is 0.0448. The Balaban J connectivity index is 1.27. The highest BCUT2D eigenvalue weighted by Gasteiger charge is 2.32. The second-order valence-corrected chi connectivity index (χ2v) is 10.4. The summed E-state index contributed by atoms with van der Waals surface area (Å²) in [5.41, 5.74) is 2.63. The maximum absolute atomic E-state index is 13.7. The number of amides is 1. The average Bonchev–Trinajstić information content (AvgIpc) is 2.91. The largest absolute Gasteiger partial charge is 0.333 e. The van der Waals surface area contributed by atoms with Crippen LogP contribution < -0.4 is 10.6 Å². The Kier molecular flexibility index (Phi) is 7.63. The molecule has 0 bridgehead atoms. The Bertz CT molecular complexity index is 1140. The number of anilines is 2. The van der Waals surface area contributed by atoms with Crippen molar-refractivity contribution in [2.24, 2.45) is 0 Å². The molecule has 0 radical (unpaired) electrons. The van der Waals surface area contributed by atoms with Crippen LogP contribution in [0.25, 0.3) is 10.8 Å². The van der Waals surface area contributed by atoms with Gasteiger partial charge in [0.25, 0.3) is 5.91 Å². The monoisotopic (exact) mass is 485 g/mol. The van der Waals surface area contributed by atoms with Gasteiger partial charge in [0.05, 0.1) is 0 Å². The molecular weight excluding hydrogens is 450 g/mol.